The lowest BCUT2D eigenvalue weighted by atomic mass is 10.1. The number of hydrogen-bond acceptors (Lipinski definition) is 4. The summed E-state index contributed by atoms with van der Waals surface area (Å²) in [7, 11) is 1.37. The van der Waals surface area contributed by atoms with E-state index in [2.05, 4.69) is 5.32 Å². The third-order valence-corrected chi connectivity index (χ3v) is 2.93. The number of nitrogens with two attached hydrogens (primary N) is 1. The van der Waals surface area contributed by atoms with Crippen LogP contribution in [-0.2, 0) is 9.59 Å². The van der Waals surface area contributed by atoms with Crippen LogP contribution in [0.1, 0.15) is 23.2 Å². The first kappa shape index (κ1) is 16.8. The number of ether oxygens (including phenoxy) is 1. The number of carbonyl (C=O) groups excluding carboxylic acids is 2. The van der Waals surface area contributed by atoms with Crippen molar-refractivity contribution in [3.05, 3.63) is 28.8 Å². The minimum absolute atomic E-state index is 0.0910. The summed E-state index contributed by atoms with van der Waals surface area (Å²) in [5, 5.41) is 11.7. The predicted octanol–water partition coefficient (Wildman–Crippen LogP) is 0.797. The van der Waals surface area contributed by atoms with Crippen LogP contribution in [0.5, 0.6) is 5.75 Å². The van der Waals surface area contributed by atoms with E-state index in [0.29, 0.717) is 5.02 Å². The van der Waals surface area contributed by atoms with Crippen molar-refractivity contribution in [2.45, 2.75) is 18.9 Å². The highest BCUT2D eigenvalue weighted by Gasteiger charge is 2.22. The van der Waals surface area contributed by atoms with Crippen molar-refractivity contribution in [1.29, 1.82) is 0 Å². The molecule has 1 rings (SSSR count). The van der Waals surface area contributed by atoms with Crippen LogP contribution in [0.3, 0.4) is 0 Å². The quantitative estimate of drug-likeness (QED) is 0.687. The van der Waals surface area contributed by atoms with Gasteiger partial charge in [0.25, 0.3) is 5.91 Å². The molecule has 21 heavy (non-hydrogen) atoms. The average molecular weight is 315 g/mol. The van der Waals surface area contributed by atoms with E-state index in [-0.39, 0.29) is 24.2 Å². The van der Waals surface area contributed by atoms with Gasteiger partial charge in [-0.2, -0.15) is 0 Å². The van der Waals surface area contributed by atoms with Gasteiger partial charge in [0, 0.05) is 11.4 Å². The third-order valence-electron chi connectivity index (χ3n) is 2.69. The molecule has 114 valence electrons. The lowest BCUT2D eigenvalue weighted by Crippen LogP contribution is -2.41. The van der Waals surface area contributed by atoms with Crippen LogP contribution >= 0.6 is 11.6 Å². The highest BCUT2D eigenvalue weighted by atomic mass is 35.5. The molecule has 0 aliphatic heterocycles. The average Bonchev–Trinajstić information content (AvgIpc) is 2.42. The molecule has 0 heterocycles. The number of amides is 2. The van der Waals surface area contributed by atoms with Crippen LogP contribution in [0.25, 0.3) is 0 Å². The molecule has 2 amide bonds. The molecule has 0 aliphatic carbocycles. The summed E-state index contributed by atoms with van der Waals surface area (Å²) in [5.41, 5.74) is 5.11. The molecule has 1 atom stereocenters. The molecule has 1 unspecified atom stereocenters. The molecule has 0 radical (unpaired) electrons. The Hall–Kier alpha value is -2.28. The van der Waals surface area contributed by atoms with Crippen LogP contribution in [0.15, 0.2) is 18.2 Å². The van der Waals surface area contributed by atoms with E-state index in [4.69, 9.17) is 27.2 Å². The Balaban J connectivity index is 2.86. The Morgan fingerprint density at radius 1 is 1.43 bits per heavy atom. The molecule has 1 aromatic rings. The number of benzene rings is 1. The van der Waals surface area contributed by atoms with E-state index >= 15 is 0 Å². The second-order valence-corrected chi connectivity index (χ2v) is 4.65. The van der Waals surface area contributed by atoms with E-state index in [1.54, 1.807) is 0 Å². The molecule has 0 fully saturated rings. The molecular formula is C13H15ClN2O5. The number of halogens is 1. The lowest BCUT2D eigenvalue weighted by Gasteiger charge is -2.15. The van der Waals surface area contributed by atoms with Crippen molar-refractivity contribution in [3.63, 3.8) is 0 Å². The summed E-state index contributed by atoms with van der Waals surface area (Å²) in [6.45, 7) is 0. The van der Waals surface area contributed by atoms with Gasteiger partial charge in [-0.1, -0.05) is 11.6 Å². The van der Waals surface area contributed by atoms with Gasteiger partial charge in [-0.3, -0.25) is 9.59 Å². The fraction of sp³-hybridized carbons (Fsp3) is 0.308. The van der Waals surface area contributed by atoms with Crippen molar-refractivity contribution in [1.82, 2.24) is 5.32 Å². The van der Waals surface area contributed by atoms with Crippen molar-refractivity contribution < 1.29 is 24.2 Å². The molecule has 1 aromatic carbocycles. The van der Waals surface area contributed by atoms with Gasteiger partial charge in [0.1, 0.15) is 11.8 Å². The standard InChI is InChI=1S/C13H15ClN2O5/c1-21-10-6-7(14)2-3-8(10)12(18)16-9(13(19)20)4-5-11(15)17/h2-3,6,9H,4-5H2,1H3,(H2,15,17)(H,16,18)(H,19,20). The number of carboxylic acid groups (broad SMARTS) is 1. The van der Waals surface area contributed by atoms with Gasteiger partial charge in [-0.15, -0.1) is 0 Å². The number of methoxy groups -OCH3 is 1. The Morgan fingerprint density at radius 2 is 2.10 bits per heavy atom. The van der Waals surface area contributed by atoms with Crippen molar-refractivity contribution >= 4 is 29.4 Å². The van der Waals surface area contributed by atoms with Crippen LogP contribution in [0, 0.1) is 0 Å². The highest BCUT2D eigenvalue weighted by molar-refractivity contribution is 6.30. The molecule has 0 saturated heterocycles. The molecule has 7 nitrogen and oxygen atoms in total. The van der Waals surface area contributed by atoms with Crippen LogP contribution < -0.4 is 15.8 Å². The summed E-state index contributed by atoms with van der Waals surface area (Å²) < 4.78 is 5.02. The second kappa shape index (κ2) is 7.49. The number of rotatable bonds is 7. The largest absolute Gasteiger partial charge is 0.496 e. The fourth-order valence-electron chi connectivity index (χ4n) is 1.63. The number of carboxylic acids is 1. The lowest BCUT2D eigenvalue weighted by molar-refractivity contribution is -0.139. The van der Waals surface area contributed by atoms with Gasteiger partial charge in [0.15, 0.2) is 0 Å². The number of aliphatic carboxylic acids is 1. The van der Waals surface area contributed by atoms with Gasteiger partial charge < -0.3 is 20.9 Å². The summed E-state index contributed by atoms with van der Waals surface area (Å²) >= 11 is 5.78. The smallest absolute Gasteiger partial charge is 0.326 e. The van der Waals surface area contributed by atoms with E-state index in [1.165, 1.54) is 25.3 Å². The van der Waals surface area contributed by atoms with E-state index < -0.39 is 23.8 Å². The zero-order chi connectivity index (χ0) is 16.0. The molecule has 0 bridgehead atoms. The zero-order valence-corrected chi connectivity index (χ0v) is 12.0. The maximum atomic E-state index is 12.1. The number of nitrogens with one attached hydrogen (secondary N) is 1. The number of hydrogen-bond donors (Lipinski definition) is 3. The Labute approximate surface area is 126 Å². The first-order valence-electron chi connectivity index (χ1n) is 6.00. The van der Waals surface area contributed by atoms with Gasteiger partial charge in [0.05, 0.1) is 12.7 Å². The van der Waals surface area contributed by atoms with Crippen LogP contribution in [-0.4, -0.2) is 36.0 Å². The summed E-state index contributed by atoms with van der Waals surface area (Å²) in [6, 6.07) is 3.13. The minimum atomic E-state index is -1.25. The number of carbonyl (C=O) groups is 3. The van der Waals surface area contributed by atoms with Crippen molar-refractivity contribution in [3.8, 4) is 5.75 Å². The fourth-order valence-corrected chi connectivity index (χ4v) is 1.79. The Bertz CT molecular complexity index is 561. The monoisotopic (exact) mass is 314 g/mol. The SMILES string of the molecule is COc1cc(Cl)ccc1C(=O)NC(CCC(N)=O)C(=O)O. The molecule has 8 heteroatoms. The van der Waals surface area contributed by atoms with Crippen LogP contribution in [0.2, 0.25) is 5.02 Å². The topological polar surface area (TPSA) is 119 Å². The van der Waals surface area contributed by atoms with Gasteiger partial charge in [-0.05, 0) is 24.6 Å². The molecule has 0 aliphatic rings. The summed E-state index contributed by atoms with van der Waals surface area (Å²) in [4.78, 5) is 33.9. The van der Waals surface area contributed by atoms with E-state index in [9.17, 15) is 14.4 Å². The molecule has 0 saturated carbocycles. The van der Waals surface area contributed by atoms with E-state index in [1.807, 2.05) is 0 Å². The molecule has 0 spiro atoms. The second-order valence-electron chi connectivity index (χ2n) is 4.21. The van der Waals surface area contributed by atoms with Crippen molar-refractivity contribution in [2.75, 3.05) is 7.11 Å². The third kappa shape index (κ3) is 4.96. The first-order valence-corrected chi connectivity index (χ1v) is 6.38. The van der Waals surface area contributed by atoms with Gasteiger partial charge >= 0.3 is 5.97 Å². The van der Waals surface area contributed by atoms with Gasteiger partial charge in [-0.25, -0.2) is 4.79 Å². The molecular weight excluding hydrogens is 300 g/mol. The maximum absolute atomic E-state index is 12.1. The molecule has 4 N–H and O–H groups in total. The Morgan fingerprint density at radius 3 is 2.62 bits per heavy atom. The van der Waals surface area contributed by atoms with Crippen molar-refractivity contribution in [2.24, 2.45) is 5.73 Å². The number of primary amides is 1. The zero-order valence-electron chi connectivity index (χ0n) is 11.3. The van der Waals surface area contributed by atoms with Gasteiger partial charge in [0.2, 0.25) is 5.91 Å². The first-order chi connectivity index (χ1) is 9.85. The normalized spacial score (nSPS) is 11.5. The maximum Gasteiger partial charge on any atom is 0.326 e. The Kier molecular flexibility index (Phi) is 5.98. The summed E-state index contributed by atoms with van der Waals surface area (Å²) in [6.07, 6.45) is -0.235. The summed E-state index contributed by atoms with van der Waals surface area (Å²) in [5.74, 6) is -2.31. The van der Waals surface area contributed by atoms with E-state index in [0.717, 1.165) is 0 Å². The molecule has 0 aromatic heterocycles. The van der Waals surface area contributed by atoms with Crippen LogP contribution in [0.4, 0.5) is 0 Å². The minimum Gasteiger partial charge on any atom is -0.496 e. The predicted molar refractivity (Wildman–Crippen MR) is 75.3 cm³/mol. The highest BCUT2D eigenvalue weighted by Crippen LogP contribution is 2.23.